The molecule has 1 aromatic rings. The minimum atomic E-state index is -3.25. The first-order valence-electron chi connectivity index (χ1n) is 6.01. The molecule has 1 aromatic carbocycles. The van der Waals surface area contributed by atoms with Crippen LogP contribution in [0.3, 0.4) is 0 Å². The molecule has 0 saturated heterocycles. The summed E-state index contributed by atoms with van der Waals surface area (Å²) in [6.45, 7) is 4.31. The Morgan fingerprint density at radius 2 is 2.05 bits per heavy atom. The lowest BCUT2D eigenvalue weighted by atomic mass is 10.0. The molecular formula is C14H18NO3P. The van der Waals surface area contributed by atoms with Gasteiger partial charge in [0.1, 0.15) is 0 Å². The molecule has 1 heterocycles. The zero-order valence-corrected chi connectivity index (χ0v) is 12.0. The SMILES string of the molecule is C=CCN1C=Cc2ccccc2C1P(=O)(OC)OC. The zero-order valence-electron chi connectivity index (χ0n) is 11.2. The van der Waals surface area contributed by atoms with E-state index in [1.165, 1.54) is 14.2 Å². The molecule has 0 aromatic heterocycles. The van der Waals surface area contributed by atoms with Gasteiger partial charge in [0.25, 0.3) is 0 Å². The summed E-state index contributed by atoms with van der Waals surface area (Å²) in [5.41, 5.74) is 1.97. The molecule has 1 atom stereocenters. The first-order chi connectivity index (χ1) is 9.16. The van der Waals surface area contributed by atoms with E-state index in [1.54, 1.807) is 6.08 Å². The van der Waals surface area contributed by atoms with Gasteiger partial charge in [0, 0.05) is 27.0 Å². The molecule has 2 rings (SSSR count). The summed E-state index contributed by atoms with van der Waals surface area (Å²) in [7, 11) is -0.420. The predicted molar refractivity (Wildman–Crippen MR) is 76.7 cm³/mol. The van der Waals surface area contributed by atoms with Gasteiger partial charge in [-0.1, -0.05) is 30.3 Å². The van der Waals surface area contributed by atoms with E-state index in [0.29, 0.717) is 6.54 Å². The van der Waals surface area contributed by atoms with Crippen LogP contribution in [0, 0.1) is 0 Å². The Morgan fingerprint density at radius 1 is 1.37 bits per heavy atom. The zero-order chi connectivity index (χ0) is 13.9. The largest absolute Gasteiger partial charge is 0.356 e. The van der Waals surface area contributed by atoms with Crippen molar-refractivity contribution in [2.45, 2.75) is 5.78 Å². The highest BCUT2D eigenvalue weighted by Gasteiger charge is 2.40. The molecule has 0 radical (unpaired) electrons. The van der Waals surface area contributed by atoms with E-state index in [2.05, 4.69) is 6.58 Å². The average molecular weight is 279 g/mol. The van der Waals surface area contributed by atoms with Crippen LogP contribution in [0.15, 0.2) is 43.1 Å². The molecule has 0 amide bonds. The molecule has 19 heavy (non-hydrogen) atoms. The Balaban J connectivity index is 2.53. The quantitative estimate of drug-likeness (QED) is 0.609. The summed E-state index contributed by atoms with van der Waals surface area (Å²) in [5, 5.41) is 0. The lowest BCUT2D eigenvalue weighted by Gasteiger charge is -2.36. The van der Waals surface area contributed by atoms with E-state index >= 15 is 0 Å². The van der Waals surface area contributed by atoms with Crippen molar-refractivity contribution < 1.29 is 13.6 Å². The van der Waals surface area contributed by atoms with Crippen LogP contribution < -0.4 is 0 Å². The second kappa shape index (κ2) is 5.74. The molecule has 0 spiro atoms. The molecule has 1 unspecified atom stereocenters. The third-order valence-corrected chi connectivity index (χ3v) is 5.37. The van der Waals surface area contributed by atoms with Crippen molar-refractivity contribution in [3.05, 3.63) is 54.2 Å². The van der Waals surface area contributed by atoms with Gasteiger partial charge in [-0.2, -0.15) is 0 Å². The van der Waals surface area contributed by atoms with Crippen molar-refractivity contribution in [2.75, 3.05) is 20.8 Å². The van der Waals surface area contributed by atoms with E-state index in [4.69, 9.17) is 9.05 Å². The number of hydrogen-bond acceptors (Lipinski definition) is 4. The summed E-state index contributed by atoms with van der Waals surface area (Å²) in [6.07, 6.45) is 5.66. The predicted octanol–water partition coefficient (Wildman–Crippen LogP) is 3.64. The van der Waals surface area contributed by atoms with Gasteiger partial charge in [-0.3, -0.25) is 4.57 Å². The molecule has 0 aliphatic carbocycles. The minimum absolute atomic E-state index is 0.443. The molecule has 1 aliphatic heterocycles. The molecule has 0 bridgehead atoms. The van der Waals surface area contributed by atoms with Crippen molar-refractivity contribution in [1.29, 1.82) is 0 Å². The number of nitrogens with zero attached hydrogens (tertiary/aromatic N) is 1. The highest BCUT2D eigenvalue weighted by Crippen LogP contribution is 2.62. The van der Waals surface area contributed by atoms with Crippen molar-refractivity contribution >= 4 is 13.7 Å². The van der Waals surface area contributed by atoms with Crippen LogP contribution in [0.1, 0.15) is 16.9 Å². The maximum atomic E-state index is 12.8. The van der Waals surface area contributed by atoms with E-state index < -0.39 is 13.4 Å². The Hall–Kier alpha value is -1.35. The van der Waals surface area contributed by atoms with Crippen molar-refractivity contribution in [3.63, 3.8) is 0 Å². The van der Waals surface area contributed by atoms with E-state index in [0.717, 1.165) is 11.1 Å². The summed E-state index contributed by atoms with van der Waals surface area (Å²) < 4.78 is 23.2. The normalized spacial score (nSPS) is 18.2. The van der Waals surface area contributed by atoms with Crippen LogP contribution in [-0.4, -0.2) is 25.7 Å². The molecule has 1 aliphatic rings. The van der Waals surface area contributed by atoms with Crippen LogP contribution >= 0.6 is 7.60 Å². The lowest BCUT2D eigenvalue weighted by molar-refractivity contribution is 0.229. The summed E-state index contributed by atoms with van der Waals surface area (Å²) >= 11 is 0. The second-order valence-corrected chi connectivity index (χ2v) is 6.51. The Morgan fingerprint density at radius 3 is 2.68 bits per heavy atom. The van der Waals surface area contributed by atoms with Gasteiger partial charge in [-0.15, -0.1) is 6.58 Å². The van der Waals surface area contributed by atoms with Gasteiger partial charge in [-0.25, -0.2) is 0 Å². The standard InChI is InChI=1S/C14H18NO3P/c1-4-10-15-11-9-12-7-5-6-8-13(12)14(15)19(16,17-2)18-3/h4-9,11,14H,1,10H2,2-3H3. The second-order valence-electron chi connectivity index (χ2n) is 4.21. The van der Waals surface area contributed by atoms with Crippen LogP contribution in [-0.2, 0) is 13.6 Å². The fourth-order valence-electron chi connectivity index (χ4n) is 2.27. The van der Waals surface area contributed by atoms with E-state index in [9.17, 15) is 4.57 Å². The van der Waals surface area contributed by atoms with Crippen LogP contribution in [0.25, 0.3) is 6.08 Å². The van der Waals surface area contributed by atoms with Gasteiger partial charge in [-0.05, 0) is 17.2 Å². The van der Waals surface area contributed by atoms with Crippen molar-refractivity contribution in [1.82, 2.24) is 4.90 Å². The number of hydrogen-bond donors (Lipinski definition) is 0. The Labute approximate surface area is 113 Å². The summed E-state index contributed by atoms with van der Waals surface area (Å²) in [6, 6.07) is 7.81. The van der Waals surface area contributed by atoms with Crippen LogP contribution in [0.4, 0.5) is 0 Å². The molecule has 0 N–H and O–H groups in total. The Bertz CT molecular complexity index is 533. The molecule has 0 saturated carbocycles. The highest BCUT2D eigenvalue weighted by molar-refractivity contribution is 7.54. The molecule has 102 valence electrons. The van der Waals surface area contributed by atoms with Crippen molar-refractivity contribution in [3.8, 4) is 0 Å². The first-order valence-corrected chi connectivity index (χ1v) is 7.62. The number of rotatable bonds is 5. The summed E-state index contributed by atoms with van der Waals surface area (Å²) in [5.74, 6) is -0.443. The fraction of sp³-hybridized carbons (Fsp3) is 0.286. The fourth-order valence-corrected chi connectivity index (χ4v) is 3.93. The maximum absolute atomic E-state index is 12.8. The average Bonchev–Trinajstić information content (AvgIpc) is 2.46. The third kappa shape index (κ3) is 2.52. The van der Waals surface area contributed by atoms with Gasteiger partial charge in [0.15, 0.2) is 5.78 Å². The lowest BCUT2D eigenvalue weighted by Crippen LogP contribution is -2.27. The van der Waals surface area contributed by atoms with Gasteiger partial charge >= 0.3 is 7.60 Å². The first kappa shape index (κ1) is 14.1. The van der Waals surface area contributed by atoms with Crippen molar-refractivity contribution in [2.24, 2.45) is 0 Å². The smallest absolute Gasteiger partial charge is 0.356 e. The maximum Gasteiger partial charge on any atom is 0.356 e. The minimum Gasteiger partial charge on any atom is -0.356 e. The monoisotopic (exact) mass is 279 g/mol. The number of fused-ring (bicyclic) bond motifs is 1. The van der Waals surface area contributed by atoms with Gasteiger partial charge < -0.3 is 13.9 Å². The molecule has 5 heteroatoms. The Kier molecular flexibility index (Phi) is 4.25. The van der Waals surface area contributed by atoms with Gasteiger partial charge in [0.2, 0.25) is 0 Å². The molecule has 4 nitrogen and oxygen atoms in total. The highest BCUT2D eigenvalue weighted by atomic mass is 31.2. The summed E-state index contributed by atoms with van der Waals surface area (Å²) in [4.78, 5) is 1.92. The van der Waals surface area contributed by atoms with Crippen LogP contribution in [0.5, 0.6) is 0 Å². The topological polar surface area (TPSA) is 38.8 Å². The third-order valence-electron chi connectivity index (χ3n) is 3.18. The van der Waals surface area contributed by atoms with E-state index in [-0.39, 0.29) is 0 Å². The molecular weight excluding hydrogens is 261 g/mol. The number of benzene rings is 1. The molecule has 0 fully saturated rings. The van der Waals surface area contributed by atoms with E-state index in [1.807, 2.05) is 41.4 Å². The van der Waals surface area contributed by atoms with Crippen LogP contribution in [0.2, 0.25) is 0 Å². The van der Waals surface area contributed by atoms with Gasteiger partial charge in [0.05, 0.1) is 0 Å².